The third-order valence-electron chi connectivity index (χ3n) is 6.80. The van der Waals surface area contributed by atoms with Crippen molar-refractivity contribution in [1.82, 2.24) is 19.8 Å². The standard InChI is InChI=1S/C21H25N5O3/c27-16(24-9-11-25(12-10-24)21-22-6-2-7-23-21)3-1-8-26-19(28)17-14-4-5-15(13-14)18(17)20(26)29/h2,4-7,14-15,17-18H,1,3,8-13H2/t14-,15-,17+,18+/m0/s1. The number of piperazine rings is 1. The minimum absolute atomic E-state index is 0.0271. The molecular formula is C21H25N5O3. The maximum Gasteiger partial charge on any atom is 0.233 e. The normalized spacial score (nSPS) is 30.4. The van der Waals surface area contributed by atoms with Crippen molar-refractivity contribution in [2.75, 3.05) is 37.6 Å². The molecule has 0 aromatic carbocycles. The van der Waals surface area contributed by atoms with Gasteiger partial charge < -0.3 is 9.80 Å². The summed E-state index contributed by atoms with van der Waals surface area (Å²) in [5.41, 5.74) is 0. The molecule has 0 radical (unpaired) electrons. The van der Waals surface area contributed by atoms with Crippen LogP contribution in [0.3, 0.4) is 0 Å². The zero-order valence-electron chi connectivity index (χ0n) is 16.3. The monoisotopic (exact) mass is 395 g/mol. The Kier molecular flexibility index (Phi) is 4.56. The van der Waals surface area contributed by atoms with Crippen LogP contribution in [0.1, 0.15) is 19.3 Å². The summed E-state index contributed by atoms with van der Waals surface area (Å²) < 4.78 is 0. The Labute approximate surface area is 169 Å². The molecule has 29 heavy (non-hydrogen) atoms. The van der Waals surface area contributed by atoms with E-state index in [0.29, 0.717) is 51.5 Å². The van der Waals surface area contributed by atoms with E-state index in [1.807, 2.05) is 4.90 Å². The molecule has 1 aromatic heterocycles. The van der Waals surface area contributed by atoms with Crippen molar-refractivity contribution in [3.8, 4) is 0 Å². The number of rotatable bonds is 5. The van der Waals surface area contributed by atoms with Gasteiger partial charge in [0.1, 0.15) is 0 Å². The zero-order chi connectivity index (χ0) is 20.0. The molecule has 2 saturated heterocycles. The molecule has 2 aliphatic heterocycles. The molecule has 0 unspecified atom stereocenters. The fraction of sp³-hybridized carbons (Fsp3) is 0.571. The molecule has 3 amide bonds. The van der Waals surface area contributed by atoms with E-state index in [1.165, 1.54) is 4.90 Å². The van der Waals surface area contributed by atoms with Gasteiger partial charge in [0.15, 0.2) is 0 Å². The lowest BCUT2D eigenvalue weighted by Gasteiger charge is -2.34. The Morgan fingerprint density at radius 1 is 0.966 bits per heavy atom. The van der Waals surface area contributed by atoms with Crippen LogP contribution in [-0.2, 0) is 14.4 Å². The van der Waals surface area contributed by atoms with Crippen LogP contribution in [0.2, 0.25) is 0 Å². The number of aromatic nitrogens is 2. The Morgan fingerprint density at radius 3 is 2.21 bits per heavy atom. The predicted octanol–water partition coefficient (Wildman–Crippen LogP) is 0.712. The number of likely N-dealkylation sites (tertiary alicyclic amines) is 1. The lowest BCUT2D eigenvalue weighted by Crippen LogP contribution is -2.49. The highest BCUT2D eigenvalue weighted by Gasteiger charge is 2.58. The molecule has 2 bridgehead atoms. The number of anilines is 1. The third kappa shape index (κ3) is 3.10. The minimum Gasteiger partial charge on any atom is -0.339 e. The van der Waals surface area contributed by atoms with Crippen LogP contribution in [0, 0.1) is 23.7 Å². The molecule has 8 nitrogen and oxygen atoms in total. The van der Waals surface area contributed by atoms with Crippen LogP contribution < -0.4 is 4.90 Å². The number of nitrogens with zero attached hydrogens (tertiary/aromatic N) is 5. The number of carbonyl (C=O) groups excluding carboxylic acids is 3. The van der Waals surface area contributed by atoms with E-state index in [9.17, 15) is 14.4 Å². The zero-order valence-corrected chi connectivity index (χ0v) is 16.3. The van der Waals surface area contributed by atoms with E-state index in [4.69, 9.17) is 0 Å². The van der Waals surface area contributed by atoms with Crippen LogP contribution in [0.5, 0.6) is 0 Å². The Hall–Kier alpha value is -2.77. The first-order valence-electron chi connectivity index (χ1n) is 10.5. The van der Waals surface area contributed by atoms with Crippen LogP contribution >= 0.6 is 0 Å². The van der Waals surface area contributed by atoms with Gasteiger partial charge >= 0.3 is 0 Å². The smallest absolute Gasteiger partial charge is 0.233 e. The number of carbonyl (C=O) groups is 3. The van der Waals surface area contributed by atoms with E-state index >= 15 is 0 Å². The molecule has 3 heterocycles. The fourth-order valence-corrected chi connectivity index (χ4v) is 5.34. The van der Waals surface area contributed by atoms with Gasteiger partial charge in [-0.2, -0.15) is 0 Å². The SMILES string of the molecule is O=C(CCCN1C(=O)[C@H]2[C@H](C1=O)[C@H]1C=C[C@H]2C1)N1CCN(c2ncccn2)CC1. The van der Waals surface area contributed by atoms with Crippen LogP contribution in [0.15, 0.2) is 30.6 Å². The molecule has 1 saturated carbocycles. The highest BCUT2D eigenvalue weighted by atomic mass is 16.2. The largest absolute Gasteiger partial charge is 0.339 e. The Balaban J connectivity index is 1.09. The van der Waals surface area contributed by atoms with Gasteiger partial charge in [0.2, 0.25) is 23.7 Å². The van der Waals surface area contributed by atoms with Gasteiger partial charge in [-0.3, -0.25) is 19.3 Å². The number of hydrogen-bond acceptors (Lipinski definition) is 6. The molecule has 0 N–H and O–H groups in total. The van der Waals surface area contributed by atoms with Gasteiger partial charge in [-0.15, -0.1) is 0 Å². The maximum atomic E-state index is 12.7. The second-order valence-electron chi connectivity index (χ2n) is 8.35. The number of allylic oxidation sites excluding steroid dienone is 2. The second-order valence-corrected chi connectivity index (χ2v) is 8.35. The van der Waals surface area contributed by atoms with Crippen molar-refractivity contribution in [3.63, 3.8) is 0 Å². The summed E-state index contributed by atoms with van der Waals surface area (Å²) >= 11 is 0. The van der Waals surface area contributed by atoms with Gasteiger partial charge in [0, 0.05) is 51.5 Å². The minimum atomic E-state index is -0.151. The first-order chi connectivity index (χ1) is 14.1. The molecular weight excluding hydrogens is 370 g/mol. The van der Waals surface area contributed by atoms with Crippen molar-refractivity contribution in [2.45, 2.75) is 19.3 Å². The van der Waals surface area contributed by atoms with Crippen LogP contribution in [0.25, 0.3) is 0 Å². The molecule has 3 fully saturated rings. The summed E-state index contributed by atoms with van der Waals surface area (Å²) in [6.45, 7) is 3.04. The van der Waals surface area contributed by atoms with Gasteiger partial charge in [-0.25, -0.2) is 9.97 Å². The quantitative estimate of drug-likeness (QED) is 0.539. The highest BCUT2D eigenvalue weighted by Crippen LogP contribution is 2.52. The van der Waals surface area contributed by atoms with E-state index in [0.717, 1.165) is 6.42 Å². The number of fused-ring (bicyclic) bond motifs is 5. The lowest BCUT2D eigenvalue weighted by atomic mass is 9.85. The first kappa shape index (κ1) is 18.3. The summed E-state index contributed by atoms with van der Waals surface area (Å²) in [7, 11) is 0. The molecule has 4 atom stereocenters. The average Bonchev–Trinajstić information content (AvgIpc) is 3.44. The number of imide groups is 1. The molecule has 152 valence electrons. The van der Waals surface area contributed by atoms with E-state index in [1.54, 1.807) is 18.5 Å². The summed E-state index contributed by atoms with van der Waals surface area (Å²) in [5.74, 6) is 0.889. The molecule has 1 aromatic rings. The van der Waals surface area contributed by atoms with Crippen molar-refractivity contribution in [1.29, 1.82) is 0 Å². The van der Waals surface area contributed by atoms with Crippen LogP contribution in [0.4, 0.5) is 5.95 Å². The number of hydrogen-bond donors (Lipinski definition) is 0. The topological polar surface area (TPSA) is 86.7 Å². The van der Waals surface area contributed by atoms with Gasteiger partial charge in [-0.05, 0) is 30.7 Å². The summed E-state index contributed by atoms with van der Waals surface area (Å²) in [6, 6.07) is 1.79. The van der Waals surface area contributed by atoms with Crippen molar-refractivity contribution in [3.05, 3.63) is 30.6 Å². The first-order valence-corrected chi connectivity index (χ1v) is 10.5. The van der Waals surface area contributed by atoms with Gasteiger partial charge in [-0.1, -0.05) is 12.2 Å². The summed E-state index contributed by atoms with van der Waals surface area (Å²) in [6.07, 6.45) is 9.47. The Bertz CT molecular complexity index is 819. The molecule has 4 aliphatic rings. The van der Waals surface area contributed by atoms with Crippen LogP contribution in [-0.4, -0.2) is 70.2 Å². The number of amides is 3. The van der Waals surface area contributed by atoms with Gasteiger partial charge in [0.25, 0.3) is 0 Å². The third-order valence-corrected chi connectivity index (χ3v) is 6.80. The summed E-state index contributed by atoms with van der Waals surface area (Å²) in [5, 5.41) is 0. The molecule has 8 heteroatoms. The highest BCUT2D eigenvalue weighted by molar-refractivity contribution is 6.06. The Morgan fingerprint density at radius 2 is 1.59 bits per heavy atom. The molecule has 2 aliphatic carbocycles. The second kappa shape index (κ2) is 7.24. The predicted molar refractivity (Wildman–Crippen MR) is 104 cm³/mol. The maximum absolute atomic E-state index is 12.7. The average molecular weight is 395 g/mol. The lowest BCUT2D eigenvalue weighted by molar-refractivity contribution is -0.141. The molecule has 0 spiro atoms. The van der Waals surface area contributed by atoms with Gasteiger partial charge in [0.05, 0.1) is 11.8 Å². The van der Waals surface area contributed by atoms with E-state index in [2.05, 4.69) is 27.0 Å². The van der Waals surface area contributed by atoms with Crippen molar-refractivity contribution in [2.24, 2.45) is 23.7 Å². The molecule has 5 rings (SSSR count). The fourth-order valence-electron chi connectivity index (χ4n) is 5.34. The summed E-state index contributed by atoms with van der Waals surface area (Å²) in [4.78, 5) is 51.8. The van der Waals surface area contributed by atoms with Crippen molar-refractivity contribution < 1.29 is 14.4 Å². The van der Waals surface area contributed by atoms with E-state index < -0.39 is 0 Å². The van der Waals surface area contributed by atoms with E-state index in [-0.39, 0.29) is 41.4 Å². The van der Waals surface area contributed by atoms with Crippen molar-refractivity contribution >= 4 is 23.7 Å².